The number of hydrogen-bond acceptors (Lipinski definition) is 3. The van der Waals surface area contributed by atoms with Gasteiger partial charge in [0, 0.05) is 12.1 Å². The molecule has 0 amide bonds. The first-order valence-corrected chi connectivity index (χ1v) is 7.86. The van der Waals surface area contributed by atoms with Crippen LogP contribution in [0.1, 0.15) is 39.0 Å². The molecule has 1 N–H and O–H groups in total. The summed E-state index contributed by atoms with van der Waals surface area (Å²) >= 11 is 1.61. The molecule has 2 aromatic rings. The second-order valence-corrected chi connectivity index (χ2v) is 6.49. The Bertz CT molecular complexity index is 560. The van der Waals surface area contributed by atoms with Crippen molar-refractivity contribution in [2.75, 3.05) is 5.32 Å². The van der Waals surface area contributed by atoms with Crippen molar-refractivity contribution in [3.05, 3.63) is 24.0 Å². The van der Waals surface area contributed by atoms with Crippen molar-refractivity contribution in [2.24, 2.45) is 5.92 Å². The average Bonchev–Trinajstić information content (AvgIpc) is 2.81. The number of halogens is 1. The third-order valence-corrected chi connectivity index (χ3v) is 5.03. The number of nitrogens with zero attached hydrogens (tertiary/aromatic N) is 1. The molecule has 3 rings (SSSR count). The first-order valence-electron chi connectivity index (χ1n) is 7.05. The van der Waals surface area contributed by atoms with Crippen molar-refractivity contribution in [2.45, 2.75) is 45.1 Å². The number of benzene rings is 1. The molecular formula is C15H19FN2S. The molecule has 1 fully saturated rings. The van der Waals surface area contributed by atoms with Crippen LogP contribution in [0.5, 0.6) is 0 Å². The second kappa shape index (κ2) is 5.45. The predicted octanol–water partition coefficient (Wildman–Crippen LogP) is 4.82. The van der Waals surface area contributed by atoms with E-state index >= 15 is 0 Å². The van der Waals surface area contributed by atoms with Gasteiger partial charge in [0.25, 0.3) is 0 Å². The maximum absolute atomic E-state index is 13.1. The van der Waals surface area contributed by atoms with E-state index in [1.54, 1.807) is 17.4 Å². The number of anilines is 1. The molecule has 102 valence electrons. The van der Waals surface area contributed by atoms with Crippen molar-refractivity contribution in [3.8, 4) is 0 Å². The topological polar surface area (TPSA) is 24.9 Å². The maximum atomic E-state index is 13.1. The quantitative estimate of drug-likeness (QED) is 0.871. The summed E-state index contributed by atoms with van der Waals surface area (Å²) in [6.45, 7) is 2.24. The molecule has 1 heterocycles. The Morgan fingerprint density at radius 2 is 2.11 bits per heavy atom. The molecule has 1 aromatic heterocycles. The second-order valence-electron chi connectivity index (χ2n) is 5.46. The Hall–Kier alpha value is -1.16. The molecule has 0 bridgehead atoms. The van der Waals surface area contributed by atoms with Crippen LogP contribution < -0.4 is 5.32 Å². The summed E-state index contributed by atoms with van der Waals surface area (Å²) < 4.78 is 14.2. The van der Waals surface area contributed by atoms with Crippen molar-refractivity contribution < 1.29 is 4.39 Å². The van der Waals surface area contributed by atoms with Crippen molar-refractivity contribution >= 4 is 26.7 Å². The van der Waals surface area contributed by atoms with Crippen LogP contribution >= 0.6 is 11.3 Å². The number of fused-ring (bicyclic) bond motifs is 1. The SMILES string of the molecule is CC(Nc1nc2cc(F)ccc2s1)C1CCCCC1. The summed E-state index contributed by atoms with van der Waals surface area (Å²) in [7, 11) is 0. The van der Waals surface area contributed by atoms with Gasteiger partial charge in [0.05, 0.1) is 10.2 Å². The fraction of sp³-hybridized carbons (Fsp3) is 0.533. The Morgan fingerprint density at radius 1 is 1.32 bits per heavy atom. The van der Waals surface area contributed by atoms with E-state index in [4.69, 9.17) is 0 Å². The lowest BCUT2D eigenvalue weighted by Gasteiger charge is -2.28. The Labute approximate surface area is 117 Å². The van der Waals surface area contributed by atoms with E-state index in [2.05, 4.69) is 17.2 Å². The van der Waals surface area contributed by atoms with Gasteiger partial charge < -0.3 is 5.32 Å². The van der Waals surface area contributed by atoms with Crippen molar-refractivity contribution in [1.29, 1.82) is 0 Å². The molecule has 0 spiro atoms. The van der Waals surface area contributed by atoms with Gasteiger partial charge in [-0.25, -0.2) is 9.37 Å². The highest BCUT2D eigenvalue weighted by atomic mass is 32.1. The molecular weight excluding hydrogens is 259 g/mol. The molecule has 0 saturated heterocycles. The van der Waals surface area contributed by atoms with Crippen molar-refractivity contribution in [3.63, 3.8) is 0 Å². The minimum atomic E-state index is -0.218. The third-order valence-electron chi connectivity index (χ3n) is 4.06. The predicted molar refractivity (Wildman–Crippen MR) is 79.2 cm³/mol. The van der Waals surface area contributed by atoms with Crippen molar-refractivity contribution in [1.82, 2.24) is 4.98 Å². The van der Waals surface area contributed by atoms with E-state index in [0.717, 1.165) is 21.3 Å². The molecule has 1 aliphatic rings. The monoisotopic (exact) mass is 278 g/mol. The van der Waals surface area contributed by atoms with Gasteiger partial charge in [-0.15, -0.1) is 0 Å². The molecule has 0 aliphatic heterocycles. The van der Waals surface area contributed by atoms with Crippen LogP contribution in [0.15, 0.2) is 18.2 Å². The van der Waals surface area contributed by atoms with Crippen LogP contribution in [0.25, 0.3) is 10.2 Å². The first kappa shape index (κ1) is 12.9. The summed E-state index contributed by atoms with van der Waals surface area (Å²) in [6.07, 6.45) is 6.70. The van der Waals surface area contributed by atoms with Gasteiger partial charge >= 0.3 is 0 Å². The fourth-order valence-electron chi connectivity index (χ4n) is 2.91. The highest BCUT2D eigenvalue weighted by molar-refractivity contribution is 7.22. The molecule has 1 saturated carbocycles. The fourth-order valence-corrected chi connectivity index (χ4v) is 3.85. The molecule has 19 heavy (non-hydrogen) atoms. The zero-order chi connectivity index (χ0) is 13.2. The van der Waals surface area contributed by atoms with E-state index in [0.29, 0.717) is 6.04 Å². The van der Waals surface area contributed by atoms with Crippen LogP contribution in [0.3, 0.4) is 0 Å². The molecule has 1 unspecified atom stereocenters. The summed E-state index contributed by atoms with van der Waals surface area (Å²) in [5.74, 6) is 0.530. The summed E-state index contributed by atoms with van der Waals surface area (Å²) in [5, 5.41) is 4.42. The molecule has 2 nitrogen and oxygen atoms in total. The summed E-state index contributed by atoms with van der Waals surface area (Å²) in [6, 6.07) is 5.25. The smallest absolute Gasteiger partial charge is 0.184 e. The molecule has 0 radical (unpaired) electrons. The number of thiazole rings is 1. The minimum Gasteiger partial charge on any atom is -0.359 e. The lowest BCUT2D eigenvalue weighted by molar-refractivity contribution is 0.328. The van der Waals surface area contributed by atoms with Gasteiger partial charge in [-0.1, -0.05) is 30.6 Å². The van der Waals surface area contributed by atoms with E-state index in [-0.39, 0.29) is 5.82 Å². The summed E-state index contributed by atoms with van der Waals surface area (Å²) in [5.41, 5.74) is 0.753. The highest BCUT2D eigenvalue weighted by Gasteiger charge is 2.20. The van der Waals surface area contributed by atoms with Crippen LogP contribution in [-0.4, -0.2) is 11.0 Å². The van der Waals surface area contributed by atoms with Crippen LogP contribution in [-0.2, 0) is 0 Å². The maximum Gasteiger partial charge on any atom is 0.184 e. The zero-order valence-electron chi connectivity index (χ0n) is 11.2. The lowest BCUT2D eigenvalue weighted by atomic mass is 9.85. The number of aromatic nitrogens is 1. The molecule has 1 aliphatic carbocycles. The van der Waals surface area contributed by atoms with E-state index in [1.165, 1.54) is 44.2 Å². The Morgan fingerprint density at radius 3 is 2.89 bits per heavy atom. The van der Waals surface area contributed by atoms with Gasteiger partial charge in [0.1, 0.15) is 5.82 Å². The molecule has 4 heteroatoms. The average molecular weight is 278 g/mol. The largest absolute Gasteiger partial charge is 0.359 e. The number of rotatable bonds is 3. The first-order chi connectivity index (χ1) is 9.22. The Kier molecular flexibility index (Phi) is 3.69. The van der Waals surface area contributed by atoms with Crippen LogP contribution in [0.2, 0.25) is 0 Å². The van der Waals surface area contributed by atoms with Gasteiger partial charge in [-0.05, 0) is 37.8 Å². The van der Waals surface area contributed by atoms with Crippen LogP contribution in [0.4, 0.5) is 9.52 Å². The zero-order valence-corrected chi connectivity index (χ0v) is 12.0. The number of nitrogens with one attached hydrogen (secondary N) is 1. The summed E-state index contributed by atoms with van der Waals surface area (Å²) in [4.78, 5) is 4.48. The lowest BCUT2D eigenvalue weighted by Crippen LogP contribution is -2.27. The highest BCUT2D eigenvalue weighted by Crippen LogP contribution is 2.31. The van der Waals surface area contributed by atoms with Gasteiger partial charge in [0.2, 0.25) is 0 Å². The molecule has 1 atom stereocenters. The normalized spacial score (nSPS) is 18.6. The van der Waals surface area contributed by atoms with Gasteiger partial charge in [-0.2, -0.15) is 0 Å². The van der Waals surface area contributed by atoms with Gasteiger partial charge in [-0.3, -0.25) is 0 Å². The van der Waals surface area contributed by atoms with E-state index < -0.39 is 0 Å². The third kappa shape index (κ3) is 2.89. The Balaban J connectivity index is 1.73. The van der Waals surface area contributed by atoms with Gasteiger partial charge in [0.15, 0.2) is 5.13 Å². The van der Waals surface area contributed by atoms with E-state index in [9.17, 15) is 4.39 Å². The van der Waals surface area contributed by atoms with Crippen LogP contribution in [0, 0.1) is 11.7 Å². The molecule has 1 aromatic carbocycles. The standard InChI is InChI=1S/C15H19FN2S/c1-10(11-5-3-2-4-6-11)17-15-18-13-9-12(16)7-8-14(13)19-15/h7-11H,2-6H2,1H3,(H,17,18). The minimum absolute atomic E-state index is 0.218. The number of hydrogen-bond donors (Lipinski definition) is 1. The van der Waals surface area contributed by atoms with E-state index in [1.807, 2.05) is 0 Å².